The Kier molecular flexibility index (Phi) is 7.66. The van der Waals surface area contributed by atoms with Crippen LogP contribution in [0.5, 0.6) is 11.5 Å². The van der Waals surface area contributed by atoms with Gasteiger partial charge in [0.25, 0.3) is 0 Å². The van der Waals surface area contributed by atoms with Gasteiger partial charge >= 0.3 is 5.97 Å². The molecule has 4 aromatic rings. The predicted molar refractivity (Wildman–Crippen MR) is 136 cm³/mol. The van der Waals surface area contributed by atoms with Crippen LogP contribution >= 0.6 is 0 Å². The van der Waals surface area contributed by atoms with Crippen molar-refractivity contribution in [1.82, 2.24) is 0 Å². The summed E-state index contributed by atoms with van der Waals surface area (Å²) < 4.78 is 11.3. The second-order valence-corrected chi connectivity index (χ2v) is 8.15. The zero-order valence-corrected chi connectivity index (χ0v) is 19.5. The number of fused-ring (bicyclic) bond motifs is 1. The molecule has 0 bridgehead atoms. The lowest BCUT2D eigenvalue weighted by Gasteiger charge is -2.09. The first-order valence-electron chi connectivity index (χ1n) is 11.6. The molecule has 0 spiro atoms. The third-order valence-corrected chi connectivity index (χ3v) is 5.48. The Bertz CT molecular complexity index is 1300. The van der Waals surface area contributed by atoms with Gasteiger partial charge in [0.1, 0.15) is 11.5 Å². The number of hydrogen-bond acceptors (Lipinski definition) is 5. The molecule has 0 atom stereocenters. The maximum atomic E-state index is 12.6. The molecule has 0 fully saturated rings. The van der Waals surface area contributed by atoms with Crippen molar-refractivity contribution in [3.8, 4) is 11.5 Å². The number of benzene rings is 4. The van der Waals surface area contributed by atoms with Gasteiger partial charge in [-0.25, -0.2) is 4.79 Å². The molecule has 0 heterocycles. The Balaban J connectivity index is 1.37. The SMILES string of the molecule is CCCCCOc1ccc(C(=O)Oc2ccc(N=Nc3ccc4ccccc4c3)cc2C)cc1. The Labute approximate surface area is 200 Å². The van der Waals surface area contributed by atoms with Crippen molar-refractivity contribution < 1.29 is 14.3 Å². The molecule has 0 aliphatic rings. The summed E-state index contributed by atoms with van der Waals surface area (Å²) in [6.07, 6.45) is 3.33. The number of hydrogen-bond donors (Lipinski definition) is 0. The van der Waals surface area contributed by atoms with Crippen LogP contribution in [0.3, 0.4) is 0 Å². The van der Waals surface area contributed by atoms with Gasteiger partial charge in [0.05, 0.1) is 23.5 Å². The van der Waals surface area contributed by atoms with E-state index in [1.165, 1.54) is 0 Å². The van der Waals surface area contributed by atoms with Crippen LogP contribution in [-0.2, 0) is 0 Å². The molecule has 0 aromatic heterocycles. The molecular weight excluding hydrogens is 424 g/mol. The Morgan fingerprint density at radius 1 is 0.794 bits per heavy atom. The van der Waals surface area contributed by atoms with E-state index in [0.717, 1.165) is 47.0 Å². The molecule has 0 aliphatic carbocycles. The highest BCUT2D eigenvalue weighted by molar-refractivity contribution is 5.91. The van der Waals surface area contributed by atoms with Crippen LogP contribution in [0.4, 0.5) is 11.4 Å². The molecule has 172 valence electrons. The van der Waals surface area contributed by atoms with E-state index < -0.39 is 5.97 Å². The van der Waals surface area contributed by atoms with Gasteiger partial charge in [0.2, 0.25) is 0 Å². The summed E-state index contributed by atoms with van der Waals surface area (Å²) in [6, 6.07) is 26.5. The van der Waals surface area contributed by atoms with Crippen LogP contribution < -0.4 is 9.47 Å². The molecule has 0 aliphatic heterocycles. The van der Waals surface area contributed by atoms with Crippen molar-refractivity contribution in [1.29, 1.82) is 0 Å². The average molecular weight is 453 g/mol. The molecule has 0 unspecified atom stereocenters. The summed E-state index contributed by atoms with van der Waals surface area (Å²) in [5, 5.41) is 11.0. The maximum Gasteiger partial charge on any atom is 0.343 e. The second kappa shape index (κ2) is 11.2. The summed E-state index contributed by atoms with van der Waals surface area (Å²) in [5.41, 5.74) is 2.75. The second-order valence-electron chi connectivity index (χ2n) is 8.15. The van der Waals surface area contributed by atoms with Gasteiger partial charge in [-0.2, -0.15) is 10.2 Å². The van der Waals surface area contributed by atoms with Crippen molar-refractivity contribution in [3.05, 3.63) is 96.1 Å². The molecule has 5 heteroatoms. The molecule has 0 radical (unpaired) electrons. The topological polar surface area (TPSA) is 60.2 Å². The van der Waals surface area contributed by atoms with Gasteiger partial charge in [0, 0.05) is 0 Å². The number of nitrogens with zero attached hydrogens (tertiary/aromatic N) is 2. The standard InChI is InChI=1S/C29H28N2O3/c1-3-4-7-18-33-27-15-11-23(12-16-27)29(32)34-28-17-14-25(19-21(28)2)30-31-26-13-10-22-8-5-6-9-24(22)20-26/h5-6,8-17,19-20H,3-4,7,18H2,1-2H3. The quantitative estimate of drug-likeness (QED) is 0.111. The first-order valence-corrected chi connectivity index (χ1v) is 11.6. The lowest BCUT2D eigenvalue weighted by atomic mass is 10.1. The van der Waals surface area contributed by atoms with Gasteiger partial charge in [-0.3, -0.25) is 0 Å². The summed E-state index contributed by atoms with van der Waals surface area (Å²) in [7, 11) is 0. The smallest absolute Gasteiger partial charge is 0.343 e. The van der Waals surface area contributed by atoms with Crippen LogP contribution in [0, 0.1) is 6.92 Å². The van der Waals surface area contributed by atoms with Crippen molar-refractivity contribution in [3.63, 3.8) is 0 Å². The average Bonchev–Trinajstić information content (AvgIpc) is 2.87. The minimum absolute atomic E-state index is 0.411. The molecule has 4 aromatic carbocycles. The van der Waals surface area contributed by atoms with E-state index in [1.807, 2.05) is 43.3 Å². The third-order valence-electron chi connectivity index (χ3n) is 5.48. The van der Waals surface area contributed by atoms with E-state index in [1.54, 1.807) is 36.4 Å². The van der Waals surface area contributed by atoms with Crippen LogP contribution in [0.2, 0.25) is 0 Å². The fraction of sp³-hybridized carbons (Fsp3) is 0.207. The monoisotopic (exact) mass is 452 g/mol. The van der Waals surface area contributed by atoms with Crippen molar-refractivity contribution in [2.75, 3.05) is 6.61 Å². The highest BCUT2D eigenvalue weighted by atomic mass is 16.5. The maximum absolute atomic E-state index is 12.6. The number of carbonyl (C=O) groups excluding carboxylic acids is 1. The fourth-order valence-electron chi connectivity index (χ4n) is 3.55. The predicted octanol–water partition coefficient (Wildman–Crippen LogP) is 8.35. The van der Waals surface area contributed by atoms with Gasteiger partial charge in [-0.1, -0.05) is 50.1 Å². The third kappa shape index (κ3) is 6.07. The zero-order chi connectivity index (χ0) is 23.8. The van der Waals surface area contributed by atoms with Crippen molar-refractivity contribution >= 4 is 28.1 Å². The number of unbranched alkanes of at least 4 members (excludes halogenated alkanes) is 2. The Hall–Kier alpha value is -3.99. The number of ether oxygens (including phenoxy) is 2. The molecule has 5 nitrogen and oxygen atoms in total. The van der Waals surface area contributed by atoms with Gasteiger partial charge in [-0.05, 0) is 84.3 Å². The first-order chi connectivity index (χ1) is 16.6. The van der Waals surface area contributed by atoms with E-state index in [4.69, 9.17) is 9.47 Å². The number of aryl methyl sites for hydroxylation is 1. The zero-order valence-electron chi connectivity index (χ0n) is 19.5. The highest BCUT2D eigenvalue weighted by Gasteiger charge is 2.11. The summed E-state index contributed by atoms with van der Waals surface area (Å²) in [5.74, 6) is 0.839. The molecular formula is C29H28N2O3. The lowest BCUT2D eigenvalue weighted by molar-refractivity contribution is 0.0733. The van der Waals surface area contributed by atoms with Crippen LogP contribution in [0.25, 0.3) is 10.8 Å². The van der Waals surface area contributed by atoms with Crippen molar-refractivity contribution in [2.45, 2.75) is 33.1 Å². The van der Waals surface area contributed by atoms with E-state index in [-0.39, 0.29) is 0 Å². The molecule has 0 N–H and O–H groups in total. The van der Waals surface area contributed by atoms with E-state index in [0.29, 0.717) is 23.6 Å². The summed E-state index contributed by atoms with van der Waals surface area (Å²) in [4.78, 5) is 12.6. The van der Waals surface area contributed by atoms with Gasteiger partial charge in [-0.15, -0.1) is 0 Å². The summed E-state index contributed by atoms with van der Waals surface area (Å²) >= 11 is 0. The molecule has 34 heavy (non-hydrogen) atoms. The highest BCUT2D eigenvalue weighted by Crippen LogP contribution is 2.27. The van der Waals surface area contributed by atoms with Crippen LogP contribution in [0.15, 0.2) is 95.2 Å². The van der Waals surface area contributed by atoms with E-state index >= 15 is 0 Å². The molecule has 4 rings (SSSR count). The number of rotatable bonds is 9. The molecule has 0 amide bonds. The largest absolute Gasteiger partial charge is 0.494 e. The van der Waals surface area contributed by atoms with Gasteiger partial charge in [0.15, 0.2) is 0 Å². The Morgan fingerprint density at radius 2 is 1.50 bits per heavy atom. The lowest BCUT2D eigenvalue weighted by Crippen LogP contribution is -2.09. The minimum atomic E-state index is -0.411. The number of carbonyl (C=O) groups is 1. The summed E-state index contributed by atoms with van der Waals surface area (Å²) in [6.45, 7) is 4.72. The van der Waals surface area contributed by atoms with Crippen molar-refractivity contribution in [2.24, 2.45) is 10.2 Å². The number of azo groups is 1. The fourth-order valence-corrected chi connectivity index (χ4v) is 3.55. The number of esters is 1. The Morgan fingerprint density at radius 3 is 2.24 bits per heavy atom. The minimum Gasteiger partial charge on any atom is -0.494 e. The molecule has 0 saturated carbocycles. The normalized spacial score (nSPS) is 11.1. The van der Waals surface area contributed by atoms with E-state index in [9.17, 15) is 4.79 Å². The van der Waals surface area contributed by atoms with E-state index in [2.05, 4.69) is 29.3 Å². The van der Waals surface area contributed by atoms with Crippen LogP contribution in [0.1, 0.15) is 42.1 Å². The first kappa shape index (κ1) is 23.2. The van der Waals surface area contributed by atoms with Crippen LogP contribution in [-0.4, -0.2) is 12.6 Å². The molecule has 0 saturated heterocycles. The van der Waals surface area contributed by atoms with Gasteiger partial charge < -0.3 is 9.47 Å².